The van der Waals surface area contributed by atoms with Gasteiger partial charge in [-0.1, -0.05) is 6.07 Å². The minimum absolute atomic E-state index is 0.0845. The summed E-state index contributed by atoms with van der Waals surface area (Å²) >= 11 is 0. The van der Waals surface area contributed by atoms with E-state index in [4.69, 9.17) is 4.74 Å². The van der Waals surface area contributed by atoms with Gasteiger partial charge in [-0.2, -0.15) is 13.2 Å². The van der Waals surface area contributed by atoms with Crippen molar-refractivity contribution in [3.05, 3.63) is 35.1 Å². The van der Waals surface area contributed by atoms with Crippen molar-refractivity contribution in [3.8, 4) is 0 Å². The third-order valence-electron chi connectivity index (χ3n) is 5.70. The molecule has 1 saturated heterocycles. The fourth-order valence-electron chi connectivity index (χ4n) is 4.10. The van der Waals surface area contributed by atoms with Crippen LogP contribution in [0.2, 0.25) is 0 Å². The summed E-state index contributed by atoms with van der Waals surface area (Å²) in [6.45, 7) is 8.58. The number of halogens is 4. The molecule has 0 spiro atoms. The van der Waals surface area contributed by atoms with E-state index < -0.39 is 58.0 Å². The van der Waals surface area contributed by atoms with Crippen molar-refractivity contribution < 1.29 is 36.7 Å². The smallest absolute Gasteiger partial charge is 0.419 e. The van der Waals surface area contributed by atoms with Gasteiger partial charge in [0, 0.05) is 19.0 Å². The van der Waals surface area contributed by atoms with Crippen molar-refractivity contribution in [2.45, 2.75) is 51.9 Å². The summed E-state index contributed by atoms with van der Waals surface area (Å²) in [5.41, 5.74) is -4.53. The van der Waals surface area contributed by atoms with Gasteiger partial charge in [0.2, 0.25) is 5.91 Å². The molecular formula is C22H26F4N2O4. The largest absolute Gasteiger partial charge is 0.444 e. The Morgan fingerprint density at radius 3 is 2.09 bits per heavy atom. The molecule has 1 saturated carbocycles. The first kappa shape index (κ1) is 24.0. The maximum Gasteiger partial charge on any atom is 0.419 e. The Kier molecular flexibility index (Phi) is 5.80. The highest BCUT2D eigenvalue weighted by atomic mass is 19.4. The number of likely N-dealkylation sites (tertiary alicyclic amines) is 1. The second-order valence-corrected chi connectivity index (χ2v) is 9.85. The van der Waals surface area contributed by atoms with Crippen LogP contribution < -0.4 is 5.32 Å². The number of alkyl halides is 3. The van der Waals surface area contributed by atoms with Gasteiger partial charge in [0.1, 0.15) is 11.4 Å². The number of hydrogen-bond donors (Lipinski definition) is 1. The lowest BCUT2D eigenvalue weighted by molar-refractivity contribution is -0.140. The molecule has 32 heavy (non-hydrogen) atoms. The normalized spacial score (nSPS) is 22.9. The topological polar surface area (TPSA) is 75.7 Å². The lowest BCUT2D eigenvalue weighted by Crippen LogP contribution is -2.51. The van der Waals surface area contributed by atoms with E-state index in [0.717, 1.165) is 12.1 Å². The van der Waals surface area contributed by atoms with Crippen LogP contribution in [0.3, 0.4) is 0 Å². The van der Waals surface area contributed by atoms with Crippen molar-refractivity contribution >= 4 is 17.8 Å². The van der Waals surface area contributed by atoms with Gasteiger partial charge in [-0.3, -0.25) is 9.59 Å². The molecule has 1 aliphatic heterocycles. The average Bonchev–Trinajstić information content (AvgIpc) is 3.13. The van der Waals surface area contributed by atoms with Crippen molar-refractivity contribution in [1.29, 1.82) is 0 Å². The summed E-state index contributed by atoms with van der Waals surface area (Å²) in [6, 6.07) is 2.47. The molecular weight excluding hydrogens is 432 g/mol. The summed E-state index contributed by atoms with van der Waals surface area (Å²) in [5, 5.41) is 2.54. The molecule has 1 aromatic rings. The van der Waals surface area contributed by atoms with Crippen LogP contribution >= 0.6 is 0 Å². The van der Waals surface area contributed by atoms with Crippen LogP contribution in [0.25, 0.3) is 0 Å². The Hall–Kier alpha value is -2.65. The number of nitrogens with one attached hydrogen (secondary N) is 1. The van der Waals surface area contributed by atoms with Crippen LogP contribution in [0.1, 0.15) is 50.5 Å². The number of benzene rings is 1. The molecule has 1 aliphatic carbocycles. The van der Waals surface area contributed by atoms with Gasteiger partial charge in [-0.25, -0.2) is 9.18 Å². The molecule has 2 aliphatic rings. The zero-order valence-corrected chi connectivity index (χ0v) is 18.5. The summed E-state index contributed by atoms with van der Waals surface area (Å²) in [6.07, 6.45) is -5.40. The number of carbonyl (C=O) groups excluding carboxylic acids is 3. The molecule has 2 fully saturated rings. The van der Waals surface area contributed by atoms with Gasteiger partial charge in [0.15, 0.2) is 5.78 Å². The lowest BCUT2D eigenvalue weighted by Gasteiger charge is -2.27. The summed E-state index contributed by atoms with van der Waals surface area (Å²) < 4.78 is 58.6. The van der Waals surface area contributed by atoms with Crippen molar-refractivity contribution in [3.63, 3.8) is 0 Å². The number of fused-ring (bicyclic) bond motifs is 1. The molecule has 6 nitrogen and oxygen atoms in total. The summed E-state index contributed by atoms with van der Waals surface area (Å²) in [7, 11) is 0. The molecule has 1 N–H and O–H groups in total. The molecule has 3 atom stereocenters. The number of nitrogens with zero attached hydrogens (tertiary/aromatic N) is 1. The van der Waals surface area contributed by atoms with Gasteiger partial charge in [-0.05, 0) is 58.6 Å². The highest BCUT2D eigenvalue weighted by molar-refractivity contribution is 6.05. The zero-order chi connectivity index (χ0) is 24.2. The summed E-state index contributed by atoms with van der Waals surface area (Å²) in [5.74, 6) is -3.67. The number of hydrogen-bond acceptors (Lipinski definition) is 4. The Bertz CT molecular complexity index is 940. The van der Waals surface area contributed by atoms with E-state index in [0.29, 0.717) is 19.2 Å². The SMILES string of the molecule is CC(C)(C)OC(=O)N1C[C@@H]2C(C(=O)NC(C)(C)C(=O)c3cccc(C(F)(F)F)c3F)[C@@H]2C1. The van der Waals surface area contributed by atoms with Crippen LogP contribution in [0.4, 0.5) is 22.4 Å². The first-order chi connectivity index (χ1) is 14.5. The maximum atomic E-state index is 14.4. The van der Waals surface area contributed by atoms with Gasteiger partial charge in [0.05, 0.1) is 16.7 Å². The monoisotopic (exact) mass is 458 g/mol. The van der Waals surface area contributed by atoms with E-state index in [1.807, 2.05) is 0 Å². The maximum absolute atomic E-state index is 14.4. The number of ketones is 1. The Balaban J connectivity index is 1.64. The van der Waals surface area contributed by atoms with E-state index >= 15 is 0 Å². The Morgan fingerprint density at radius 2 is 1.59 bits per heavy atom. The Morgan fingerprint density at radius 1 is 1.03 bits per heavy atom. The molecule has 0 aromatic heterocycles. The minimum Gasteiger partial charge on any atom is -0.444 e. The number of ether oxygens (including phenoxy) is 1. The third-order valence-corrected chi connectivity index (χ3v) is 5.70. The summed E-state index contributed by atoms with van der Waals surface area (Å²) in [4.78, 5) is 39.2. The molecule has 0 radical (unpaired) electrons. The predicted octanol–water partition coefficient (Wildman–Crippen LogP) is 4.03. The van der Waals surface area contributed by atoms with Crippen molar-refractivity contribution in [2.24, 2.45) is 17.8 Å². The van der Waals surface area contributed by atoms with E-state index in [9.17, 15) is 31.9 Å². The predicted molar refractivity (Wildman–Crippen MR) is 106 cm³/mol. The molecule has 2 amide bonds. The molecule has 176 valence electrons. The number of Topliss-reactive ketones (excluding diaryl/α,β-unsaturated/α-hetero) is 1. The number of rotatable bonds is 4. The van der Waals surface area contributed by atoms with Crippen LogP contribution in [0.5, 0.6) is 0 Å². The fourth-order valence-corrected chi connectivity index (χ4v) is 4.10. The minimum atomic E-state index is -4.95. The van der Waals surface area contributed by atoms with Crippen molar-refractivity contribution in [2.75, 3.05) is 13.1 Å². The second-order valence-electron chi connectivity index (χ2n) is 9.85. The van der Waals surface area contributed by atoms with Gasteiger partial charge in [0.25, 0.3) is 0 Å². The lowest BCUT2D eigenvalue weighted by atomic mass is 9.91. The van der Waals surface area contributed by atoms with E-state index in [2.05, 4.69) is 5.32 Å². The molecule has 1 unspecified atom stereocenters. The molecule has 3 rings (SSSR count). The fraction of sp³-hybridized carbons (Fsp3) is 0.591. The van der Waals surface area contributed by atoms with E-state index in [-0.39, 0.29) is 11.8 Å². The van der Waals surface area contributed by atoms with Gasteiger partial charge >= 0.3 is 12.3 Å². The van der Waals surface area contributed by atoms with Crippen LogP contribution in [-0.2, 0) is 15.7 Å². The average molecular weight is 458 g/mol. The molecule has 1 heterocycles. The highest BCUT2D eigenvalue weighted by Crippen LogP contribution is 2.52. The second kappa shape index (κ2) is 7.74. The zero-order valence-electron chi connectivity index (χ0n) is 18.5. The highest BCUT2D eigenvalue weighted by Gasteiger charge is 2.61. The third kappa shape index (κ3) is 4.73. The van der Waals surface area contributed by atoms with E-state index in [1.54, 1.807) is 20.8 Å². The standard InChI is InChI=1S/C22H26F4N2O4/c1-20(2,3)32-19(31)28-9-12-13(10-28)15(12)18(30)27-21(4,5)17(29)11-7-6-8-14(16(11)23)22(24,25)26/h6-8,12-13,15H,9-10H2,1-5H3,(H,27,30)/t12-,13+,15?. The molecule has 10 heteroatoms. The van der Waals surface area contributed by atoms with Crippen molar-refractivity contribution in [1.82, 2.24) is 10.2 Å². The van der Waals surface area contributed by atoms with Gasteiger partial charge in [-0.15, -0.1) is 0 Å². The number of amides is 2. The first-order valence-corrected chi connectivity index (χ1v) is 10.2. The molecule has 1 aromatic carbocycles. The van der Waals surface area contributed by atoms with E-state index in [1.165, 1.54) is 18.7 Å². The number of piperidine rings is 1. The Labute approximate surface area is 183 Å². The quantitative estimate of drug-likeness (QED) is 0.546. The van der Waals surface area contributed by atoms with Gasteiger partial charge < -0.3 is 15.0 Å². The van der Waals surface area contributed by atoms with Crippen LogP contribution in [0.15, 0.2) is 18.2 Å². The first-order valence-electron chi connectivity index (χ1n) is 10.2. The van der Waals surface area contributed by atoms with Crippen LogP contribution in [-0.4, -0.2) is 46.9 Å². The van der Waals surface area contributed by atoms with Crippen LogP contribution in [0, 0.1) is 23.6 Å². The number of carbonyl (C=O) groups is 3. The molecule has 0 bridgehead atoms.